The van der Waals surface area contributed by atoms with E-state index in [1.807, 2.05) is 0 Å². The van der Waals surface area contributed by atoms with Gasteiger partial charge in [-0.15, -0.1) is 0 Å². The van der Waals surface area contributed by atoms with Crippen LogP contribution < -0.4 is 5.46 Å². The van der Waals surface area contributed by atoms with Gasteiger partial charge in [0.1, 0.15) is 0 Å². The Morgan fingerprint density at radius 3 is 2.15 bits per heavy atom. The van der Waals surface area contributed by atoms with Crippen molar-refractivity contribution in [1.29, 1.82) is 0 Å². The molecule has 0 aliphatic heterocycles. The van der Waals surface area contributed by atoms with Crippen molar-refractivity contribution in [3.05, 3.63) is 28.8 Å². The predicted molar refractivity (Wildman–Crippen MR) is 91.3 cm³/mol. The van der Waals surface area contributed by atoms with Crippen LogP contribution in [0.15, 0.2) is 12.1 Å². The van der Waals surface area contributed by atoms with Crippen molar-refractivity contribution < 1.29 is 0 Å². The van der Waals surface area contributed by atoms with Gasteiger partial charge >= 0.3 is 0 Å². The Bertz CT molecular complexity index is 477. The number of hydrogen-bond donors (Lipinski definition) is 0. The molecule has 1 aromatic carbocycles. The highest BCUT2D eigenvalue weighted by molar-refractivity contribution is 6.54. The lowest BCUT2D eigenvalue weighted by molar-refractivity contribution is 0.157. The first kappa shape index (κ1) is 15.7. The minimum atomic E-state index is 0.333. The molecule has 0 fully saturated rings. The van der Waals surface area contributed by atoms with Crippen molar-refractivity contribution in [2.24, 2.45) is 10.8 Å². The molecular weight excluding hydrogens is 239 g/mol. The van der Waals surface area contributed by atoms with Gasteiger partial charge in [-0.2, -0.15) is 0 Å². The van der Waals surface area contributed by atoms with E-state index in [-0.39, 0.29) is 0 Å². The molecule has 0 spiro atoms. The largest absolute Gasteiger partial charge is 0.152 e. The minimum Gasteiger partial charge on any atom is -0.0844 e. The van der Waals surface area contributed by atoms with Crippen molar-refractivity contribution in [2.45, 2.75) is 73.5 Å². The van der Waals surface area contributed by atoms with Crippen LogP contribution in [0.4, 0.5) is 0 Å². The topological polar surface area (TPSA) is 0 Å². The summed E-state index contributed by atoms with van der Waals surface area (Å²) in [6.45, 7) is 14.1. The van der Waals surface area contributed by atoms with E-state index in [9.17, 15) is 0 Å². The fraction of sp³-hybridized carbons (Fsp3) is 0.684. The van der Waals surface area contributed by atoms with Gasteiger partial charge in [0.05, 0.1) is 0 Å². The highest BCUT2D eigenvalue weighted by atomic mass is 14.3. The molecule has 20 heavy (non-hydrogen) atoms. The molecule has 0 N–H and O–H groups in total. The van der Waals surface area contributed by atoms with Crippen LogP contribution in [-0.2, 0) is 12.8 Å². The van der Waals surface area contributed by atoms with E-state index in [0.29, 0.717) is 10.8 Å². The molecule has 0 heterocycles. The molecule has 1 aliphatic carbocycles. The van der Waals surface area contributed by atoms with Gasteiger partial charge < -0.3 is 0 Å². The van der Waals surface area contributed by atoms with Crippen LogP contribution in [-0.4, -0.2) is 7.28 Å². The molecule has 0 unspecified atom stereocenters. The molecule has 1 aromatic rings. The second-order valence-electron chi connectivity index (χ2n) is 8.18. The standard InChI is InChI=1S/C19H30B/c1-14-11-12-17(16-10-8-7-9-15(14)16)20-13-19(5,6)18(2,3)4/h11-12H,7-10,13H2,1-6H3. The Morgan fingerprint density at radius 2 is 1.55 bits per heavy atom. The maximum absolute atomic E-state index is 2.49. The van der Waals surface area contributed by atoms with E-state index in [1.165, 1.54) is 36.7 Å². The Balaban J connectivity index is 2.19. The summed E-state index contributed by atoms with van der Waals surface area (Å²) in [6, 6.07) is 4.66. The maximum Gasteiger partial charge on any atom is 0.152 e. The number of benzene rings is 1. The summed E-state index contributed by atoms with van der Waals surface area (Å²) >= 11 is 0. The normalized spacial score (nSPS) is 15.9. The SMILES string of the molecule is Cc1ccc([B]CC(C)(C)C(C)(C)C)c2c1CCCC2. The Labute approximate surface area is 126 Å². The zero-order valence-corrected chi connectivity index (χ0v) is 14.3. The molecule has 0 bridgehead atoms. The van der Waals surface area contributed by atoms with E-state index >= 15 is 0 Å². The number of hydrogen-bond acceptors (Lipinski definition) is 0. The zero-order valence-electron chi connectivity index (χ0n) is 14.3. The van der Waals surface area contributed by atoms with Gasteiger partial charge in [0.25, 0.3) is 0 Å². The first-order chi connectivity index (χ1) is 9.22. The van der Waals surface area contributed by atoms with Crippen molar-refractivity contribution in [1.82, 2.24) is 0 Å². The van der Waals surface area contributed by atoms with Gasteiger partial charge in [-0.3, -0.25) is 0 Å². The lowest BCUT2D eigenvalue weighted by Gasteiger charge is -2.39. The average molecular weight is 269 g/mol. The van der Waals surface area contributed by atoms with Gasteiger partial charge in [0.2, 0.25) is 0 Å². The summed E-state index contributed by atoms with van der Waals surface area (Å²) in [5, 5.41) is 0. The average Bonchev–Trinajstić information content (AvgIpc) is 2.37. The summed E-state index contributed by atoms with van der Waals surface area (Å²) in [7, 11) is 2.49. The minimum absolute atomic E-state index is 0.333. The predicted octanol–water partition coefficient (Wildman–Crippen LogP) is 4.69. The van der Waals surface area contributed by atoms with Crippen LogP contribution in [0, 0.1) is 17.8 Å². The molecule has 0 amide bonds. The summed E-state index contributed by atoms with van der Waals surface area (Å²) in [6.07, 6.45) is 6.45. The lowest BCUT2D eigenvalue weighted by Crippen LogP contribution is -2.34. The third-order valence-corrected chi connectivity index (χ3v) is 5.67. The molecule has 0 aromatic heterocycles. The molecular formula is C19H30B. The van der Waals surface area contributed by atoms with Crippen LogP contribution in [0.3, 0.4) is 0 Å². The maximum atomic E-state index is 2.49. The Kier molecular flexibility index (Phi) is 4.37. The zero-order chi connectivity index (χ0) is 15.0. The summed E-state index contributed by atoms with van der Waals surface area (Å²) in [4.78, 5) is 0. The first-order valence-corrected chi connectivity index (χ1v) is 8.17. The monoisotopic (exact) mass is 269 g/mol. The molecule has 0 saturated heterocycles. The lowest BCUT2D eigenvalue weighted by atomic mass is 9.52. The number of aryl methyl sites for hydroxylation is 1. The van der Waals surface area contributed by atoms with Crippen LogP contribution in [0.5, 0.6) is 0 Å². The molecule has 0 atom stereocenters. The van der Waals surface area contributed by atoms with Gasteiger partial charge in [0, 0.05) is 0 Å². The van der Waals surface area contributed by atoms with E-state index in [2.05, 4.69) is 61.0 Å². The molecule has 1 heteroatoms. The number of fused-ring (bicyclic) bond motifs is 1. The summed E-state index contributed by atoms with van der Waals surface area (Å²) in [5.41, 5.74) is 6.95. The molecule has 2 rings (SSSR count). The molecule has 0 nitrogen and oxygen atoms in total. The summed E-state index contributed by atoms with van der Waals surface area (Å²) < 4.78 is 0. The smallest absolute Gasteiger partial charge is 0.0844 e. The van der Waals surface area contributed by atoms with E-state index < -0.39 is 0 Å². The highest BCUT2D eigenvalue weighted by Crippen LogP contribution is 2.41. The van der Waals surface area contributed by atoms with Gasteiger partial charge in [0.15, 0.2) is 7.28 Å². The summed E-state index contributed by atoms with van der Waals surface area (Å²) in [5.74, 6) is 0. The number of rotatable bonds is 3. The first-order valence-electron chi connectivity index (χ1n) is 8.17. The van der Waals surface area contributed by atoms with Gasteiger partial charge in [-0.05, 0) is 54.6 Å². The van der Waals surface area contributed by atoms with E-state index in [4.69, 9.17) is 0 Å². The second-order valence-corrected chi connectivity index (χ2v) is 8.18. The van der Waals surface area contributed by atoms with Crippen molar-refractivity contribution in [3.8, 4) is 0 Å². The van der Waals surface area contributed by atoms with E-state index in [0.717, 1.165) is 6.32 Å². The quantitative estimate of drug-likeness (QED) is 0.698. The third kappa shape index (κ3) is 3.13. The third-order valence-electron chi connectivity index (χ3n) is 5.67. The van der Waals surface area contributed by atoms with Crippen molar-refractivity contribution >= 4 is 12.7 Å². The molecule has 0 saturated carbocycles. The molecule has 1 radical (unpaired) electrons. The fourth-order valence-corrected chi connectivity index (χ4v) is 2.94. The highest BCUT2D eigenvalue weighted by Gasteiger charge is 2.32. The van der Waals surface area contributed by atoms with Crippen molar-refractivity contribution in [3.63, 3.8) is 0 Å². The van der Waals surface area contributed by atoms with Gasteiger partial charge in [-0.1, -0.05) is 64.1 Å². The van der Waals surface area contributed by atoms with Crippen LogP contribution in [0.1, 0.15) is 64.2 Å². The van der Waals surface area contributed by atoms with Crippen LogP contribution >= 0.6 is 0 Å². The molecule has 1 aliphatic rings. The van der Waals surface area contributed by atoms with E-state index in [1.54, 1.807) is 11.1 Å². The fourth-order valence-electron chi connectivity index (χ4n) is 2.94. The molecule has 109 valence electrons. The Morgan fingerprint density at radius 1 is 0.950 bits per heavy atom. The Hall–Kier alpha value is -0.715. The van der Waals surface area contributed by atoms with Crippen LogP contribution in [0.2, 0.25) is 6.32 Å². The second kappa shape index (κ2) is 5.58. The van der Waals surface area contributed by atoms with Crippen molar-refractivity contribution in [2.75, 3.05) is 0 Å². The van der Waals surface area contributed by atoms with Crippen LogP contribution in [0.25, 0.3) is 0 Å². The van der Waals surface area contributed by atoms with Gasteiger partial charge in [-0.25, -0.2) is 0 Å².